The topological polar surface area (TPSA) is 32.3 Å². The maximum atomic E-state index is 13.0. The molecule has 0 bridgehead atoms. The molecule has 1 aliphatic heterocycles. The molecule has 4 heteroatoms. The Labute approximate surface area is 151 Å². The van der Waals surface area contributed by atoms with E-state index < -0.39 is 0 Å². The van der Waals surface area contributed by atoms with Crippen molar-refractivity contribution < 1.29 is 9.18 Å². The second-order valence-corrected chi connectivity index (χ2v) is 7.75. The normalized spacial score (nSPS) is 23.6. The molecule has 1 amide bonds. The zero-order valence-electron chi connectivity index (χ0n) is 15.2. The predicted molar refractivity (Wildman–Crippen MR) is 98.7 cm³/mol. The average Bonchev–Trinajstić information content (AvgIpc) is 2.59. The molecule has 1 unspecified atom stereocenters. The van der Waals surface area contributed by atoms with Crippen molar-refractivity contribution in [3.63, 3.8) is 0 Å². The lowest BCUT2D eigenvalue weighted by molar-refractivity contribution is -0.127. The van der Waals surface area contributed by atoms with Crippen LogP contribution in [0.2, 0.25) is 0 Å². The van der Waals surface area contributed by atoms with Crippen LogP contribution in [-0.4, -0.2) is 29.9 Å². The average molecular weight is 346 g/mol. The van der Waals surface area contributed by atoms with Crippen molar-refractivity contribution in [2.45, 2.75) is 70.4 Å². The first-order valence-electron chi connectivity index (χ1n) is 9.98. The lowest BCUT2D eigenvalue weighted by Gasteiger charge is -2.33. The smallest absolute Gasteiger partial charge is 0.224 e. The summed E-state index contributed by atoms with van der Waals surface area (Å²) < 4.78 is 13.0. The molecule has 3 nitrogen and oxygen atoms in total. The number of halogens is 1. The third-order valence-electron chi connectivity index (χ3n) is 5.65. The van der Waals surface area contributed by atoms with E-state index in [1.54, 1.807) is 0 Å². The molecular formula is C21H31FN2O. The Hall–Kier alpha value is -1.42. The minimum Gasteiger partial charge on any atom is -0.353 e. The highest BCUT2D eigenvalue weighted by molar-refractivity contribution is 5.79. The van der Waals surface area contributed by atoms with Crippen molar-refractivity contribution in [2.75, 3.05) is 13.1 Å². The minimum absolute atomic E-state index is 0.0969. The van der Waals surface area contributed by atoms with Crippen LogP contribution < -0.4 is 5.32 Å². The lowest BCUT2D eigenvalue weighted by Crippen LogP contribution is -2.45. The number of amides is 1. The molecule has 1 atom stereocenters. The van der Waals surface area contributed by atoms with Gasteiger partial charge in [-0.25, -0.2) is 4.39 Å². The number of hydrogen-bond donors (Lipinski definition) is 1. The number of nitrogens with one attached hydrogen (secondary N) is 1. The number of nitrogens with zero attached hydrogens (tertiary/aromatic N) is 1. The van der Waals surface area contributed by atoms with E-state index >= 15 is 0 Å². The fourth-order valence-corrected chi connectivity index (χ4v) is 4.18. The summed E-state index contributed by atoms with van der Waals surface area (Å²) in [6, 6.07) is 7.08. The largest absolute Gasteiger partial charge is 0.353 e. The maximum Gasteiger partial charge on any atom is 0.224 e. The van der Waals surface area contributed by atoms with Crippen LogP contribution >= 0.6 is 0 Å². The first kappa shape index (κ1) is 18.4. The van der Waals surface area contributed by atoms with Gasteiger partial charge in [0.05, 0.1) is 5.92 Å². The molecule has 0 aromatic heterocycles. The van der Waals surface area contributed by atoms with E-state index in [4.69, 9.17) is 0 Å². The highest BCUT2D eigenvalue weighted by atomic mass is 19.1. The molecule has 1 saturated heterocycles. The molecule has 0 spiro atoms. The van der Waals surface area contributed by atoms with E-state index in [1.165, 1.54) is 44.2 Å². The highest BCUT2D eigenvalue weighted by Crippen LogP contribution is 2.21. The van der Waals surface area contributed by atoms with Gasteiger partial charge in [-0.2, -0.15) is 0 Å². The van der Waals surface area contributed by atoms with E-state index in [2.05, 4.69) is 10.2 Å². The Balaban J connectivity index is 1.49. The molecular weight excluding hydrogens is 315 g/mol. The van der Waals surface area contributed by atoms with Crippen LogP contribution in [0.5, 0.6) is 0 Å². The predicted octanol–water partition coefficient (Wildman–Crippen LogP) is 4.27. The van der Waals surface area contributed by atoms with E-state index in [0.29, 0.717) is 6.04 Å². The van der Waals surface area contributed by atoms with Gasteiger partial charge in [0.15, 0.2) is 0 Å². The summed E-state index contributed by atoms with van der Waals surface area (Å²) >= 11 is 0. The third kappa shape index (κ3) is 5.81. The number of likely N-dealkylation sites (tertiary alicyclic amines) is 1. The summed E-state index contributed by atoms with van der Waals surface area (Å²) in [5.41, 5.74) is 1.11. The van der Waals surface area contributed by atoms with Crippen molar-refractivity contribution in [3.05, 3.63) is 35.6 Å². The van der Waals surface area contributed by atoms with Crippen molar-refractivity contribution >= 4 is 5.91 Å². The van der Waals surface area contributed by atoms with Crippen molar-refractivity contribution in [1.29, 1.82) is 0 Å². The number of rotatable bonds is 4. The van der Waals surface area contributed by atoms with Crippen LogP contribution in [0.25, 0.3) is 0 Å². The zero-order valence-corrected chi connectivity index (χ0v) is 15.2. The van der Waals surface area contributed by atoms with Crippen molar-refractivity contribution in [2.24, 2.45) is 5.92 Å². The Morgan fingerprint density at radius 1 is 1.00 bits per heavy atom. The van der Waals surface area contributed by atoms with E-state index in [1.807, 2.05) is 12.1 Å². The van der Waals surface area contributed by atoms with Crippen LogP contribution in [0.15, 0.2) is 24.3 Å². The number of carbonyl (C=O) groups excluding carboxylic acids is 1. The van der Waals surface area contributed by atoms with Gasteiger partial charge in [-0.3, -0.25) is 9.69 Å². The molecule has 2 aliphatic rings. The van der Waals surface area contributed by atoms with Crippen LogP contribution in [0.4, 0.5) is 4.39 Å². The Morgan fingerprint density at radius 2 is 1.68 bits per heavy atom. The van der Waals surface area contributed by atoms with Gasteiger partial charge < -0.3 is 5.32 Å². The fourth-order valence-electron chi connectivity index (χ4n) is 4.18. The van der Waals surface area contributed by atoms with Gasteiger partial charge in [0.25, 0.3) is 0 Å². The molecule has 1 aliphatic carbocycles. The maximum absolute atomic E-state index is 13.0. The van der Waals surface area contributed by atoms with Gasteiger partial charge in [0, 0.05) is 19.1 Å². The summed E-state index contributed by atoms with van der Waals surface area (Å²) in [5, 5.41) is 3.33. The summed E-state index contributed by atoms with van der Waals surface area (Å²) in [6.45, 7) is 2.63. The summed E-state index contributed by atoms with van der Waals surface area (Å²) in [4.78, 5) is 15.1. The standard InChI is InChI=1S/C21H31FN2O/c22-19-12-10-17(11-13-19)15-24-14-6-7-18(16-24)21(25)23-20-8-4-2-1-3-5-9-20/h10-13,18,20H,1-9,14-16H2,(H,23,25). The molecule has 1 aromatic carbocycles. The molecule has 138 valence electrons. The minimum atomic E-state index is -0.196. The van der Waals surface area contributed by atoms with Crippen LogP contribution in [0.3, 0.4) is 0 Å². The van der Waals surface area contributed by atoms with Gasteiger partial charge in [0.1, 0.15) is 5.82 Å². The Bertz CT molecular complexity index is 537. The van der Waals surface area contributed by atoms with E-state index in [-0.39, 0.29) is 17.6 Å². The molecule has 1 saturated carbocycles. The quantitative estimate of drug-likeness (QED) is 0.883. The Morgan fingerprint density at radius 3 is 2.40 bits per heavy atom. The number of piperidine rings is 1. The third-order valence-corrected chi connectivity index (χ3v) is 5.65. The van der Waals surface area contributed by atoms with Crippen molar-refractivity contribution in [1.82, 2.24) is 10.2 Å². The first-order chi connectivity index (χ1) is 12.2. The van der Waals surface area contributed by atoms with Crippen molar-refractivity contribution in [3.8, 4) is 0 Å². The summed E-state index contributed by atoms with van der Waals surface area (Å²) in [6.07, 6.45) is 10.8. The molecule has 3 rings (SSSR count). The Kier molecular flexibility index (Phi) is 6.85. The molecule has 1 heterocycles. The van der Waals surface area contributed by atoms with Crippen LogP contribution in [0, 0.1) is 11.7 Å². The molecule has 2 fully saturated rings. The number of benzene rings is 1. The van der Waals surface area contributed by atoms with Gasteiger partial charge in [-0.05, 0) is 49.9 Å². The van der Waals surface area contributed by atoms with Crippen LogP contribution in [0.1, 0.15) is 63.4 Å². The second-order valence-electron chi connectivity index (χ2n) is 7.75. The van der Waals surface area contributed by atoms with E-state index in [9.17, 15) is 9.18 Å². The van der Waals surface area contributed by atoms with Gasteiger partial charge in [-0.1, -0.05) is 44.2 Å². The van der Waals surface area contributed by atoms with Crippen LogP contribution in [-0.2, 0) is 11.3 Å². The molecule has 1 aromatic rings. The first-order valence-corrected chi connectivity index (χ1v) is 9.98. The number of hydrogen-bond acceptors (Lipinski definition) is 2. The van der Waals surface area contributed by atoms with Gasteiger partial charge >= 0.3 is 0 Å². The number of carbonyl (C=O) groups is 1. The SMILES string of the molecule is O=C(NC1CCCCCCC1)C1CCCN(Cc2ccc(F)cc2)C1. The second kappa shape index (κ2) is 9.33. The molecule has 25 heavy (non-hydrogen) atoms. The fraction of sp³-hybridized carbons (Fsp3) is 0.667. The zero-order chi connectivity index (χ0) is 17.5. The van der Waals surface area contributed by atoms with Gasteiger partial charge in [0.2, 0.25) is 5.91 Å². The molecule has 1 N–H and O–H groups in total. The van der Waals surface area contributed by atoms with Gasteiger partial charge in [-0.15, -0.1) is 0 Å². The summed E-state index contributed by atoms with van der Waals surface area (Å²) in [5.74, 6) is 0.146. The molecule has 0 radical (unpaired) electrons. The highest BCUT2D eigenvalue weighted by Gasteiger charge is 2.27. The van der Waals surface area contributed by atoms with E-state index in [0.717, 1.165) is 50.9 Å². The monoisotopic (exact) mass is 346 g/mol. The summed E-state index contributed by atoms with van der Waals surface area (Å²) in [7, 11) is 0. The lowest BCUT2D eigenvalue weighted by atomic mass is 9.93.